The van der Waals surface area contributed by atoms with Gasteiger partial charge in [-0.25, -0.2) is 4.79 Å². The van der Waals surface area contributed by atoms with Crippen LogP contribution in [0.3, 0.4) is 0 Å². The lowest BCUT2D eigenvalue weighted by Gasteiger charge is -2.17. The van der Waals surface area contributed by atoms with E-state index in [1.54, 1.807) is 0 Å². The van der Waals surface area contributed by atoms with E-state index in [-0.39, 0.29) is 0 Å². The average molecular weight is 206 g/mol. The van der Waals surface area contributed by atoms with Crippen molar-refractivity contribution in [1.29, 1.82) is 0 Å². The third-order valence-corrected chi connectivity index (χ3v) is 3.35. The first-order valence-electron chi connectivity index (χ1n) is 5.24. The van der Waals surface area contributed by atoms with Crippen molar-refractivity contribution in [1.82, 2.24) is 0 Å². The van der Waals surface area contributed by atoms with E-state index < -0.39 is 5.97 Å². The van der Waals surface area contributed by atoms with Gasteiger partial charge in [0.05, 0.1) is 5.56 Å². The van der Waals surface area contributed by atoms with Gasteiger partial charge in [-0.2, -0.15) is 0 Å². The van der Waals surface area contributed by atoms with Crippen LogP contribution in [0.4, 0.5) is 0 Å². The van der Waals surface area contributed by atoms with Gasteiger partial charge in [0.2, 0.25) is 0 Å². The molecule has 0 amide bonds. The van der Waals surface area contributed by atoms with Crippen molar-refractivity contribution in [3.63, 3.8) is 0 Å². The number of benzene rings is 1. The number of carboxylic acid groups (broad SMARTS) is 1. The van der Waals surface area contributed by atoms with Crippen molar-refractivity contribution in [2.45, 2.75) is 41.0 Å². The molecule has 0 fully saturated rings. The molecule has 2 nitrogen and oxygen atoms in total. The van der Waals surface area contributed by atoms with Crippen molar-refractivity contribution in [3.8, 4) is 0 Å². The molecule has 0 saturated heterocycles. The van der Waals surface area contributed by atoms with E-state index in [0.717, 1.165) is 28.7 Å². The van der Waals surface area contributed by atoms with Gasteiger partial charge >= 0.3 is 5.97 Å². The Morgan fingerprint density at radius 3 is 1.67 bits per heavy atom. The predicted molar refractivity (Wildman–Crippen MR) is 61.7 cm³/mol. The summed E-state index contributed by atoms with van der Waals surface area (Å²) in [5.41, 5.74) is 5.82. The quantitative estimate of drug-likeness (QED) is 0.807. The second-order valence-electron chi connectivity index (χ2n) is 4.01. The molecule has 0 aliphatic heterocycles. The van der Waals surface area contributed by atoms with E-state index in [1.165, 1.54) is 5.56 Å². The summed E-state index contributed by atoms with van der Waals surface area (Å²) in [6, 6.07) is 0. The minimum absolute atomic E-state index is 0.474. The largest absolute Gasteiger partial charge is 0.478 e. The second-order valence-corrected chi connectivity index (χ2v) is 4.01. The van der Waals surface area contributed by atoms with E-state index >= 15 is 0 Å². The van der Waals surface area contributed by atoms with Gasteiger partial charge in [0, 0.05) is 0 Å². The van der Waals surface area contributed by atoms with E-state index in [0.29, 0.717) is 5.56 Å². The molecule has 0 bridgehead atoms. The molecule has 2 heteroatoms. The molecule has 82 valence electrons. The number of carbonyl (C=O) groups is 1. The van der Waals surface area contributed by atoms with Crippen LogP contribution in [0.15, 0.2) is 0 Å². The zero-order valence-corrected chi connectivity index (χ0v) is 10.1. The molecule has 1 rings (SSSR count). The van der Waals surface area contributed by atoms with Crippen LogP contribution in [-0.4, -0.2) is 11.1 Å². The molecule has 0 radical (unpaired) electrons. The molecule has 0 aromatic heterocycles. The molecule has 1 N–H and O–H groups in total. The highest BCUT2D eigenvalue weighted by Crippen LogP contribution is 2.26. The molecule has 1 aromatic carbocycles. The Morgan fingerprint density at radius 2 is 1.40 bits per heavy atom. The fourth-order valence-electron chi connectivity index (χ4n) is 2.24. The van der Waals surface area contributed by atoms with E-state index in [9.17, 15) is 4.79 Å². The summed E-state index contributed by atoms with van der Waals surface area (Å²) >= 11 is 0. The zero-order chi connectivity index (χ0) is 11.7. The first-order valence-corrected chi connectivity index (χ1v) is 5.24. The SMILES string of the molecule is CCc1c(C)c(C)c(C(=O)O)c(C)c1C. The number of rotatable bonds is 2. The van der Waals surface area contributed by atoms with Gasteiger partial charge in [-0.15, -0.1) is 0 Å². The van der Waals surface area contributed by atoms with Gasteiger partial charge in [-0.3, -0.25) is 0 Å². The molecule has 0 atom stereocenters. The molecule has 0 aliphatic rings. The van der Waals surface area contributed by atoms with E-state index in [1.807, 2.05) is 27.7 Å². The highest BCUT2D eigenvalue weighted by atomic mass is 16.4. The van der Waals surface area contributed by atoms with Gasteiger partial charge in [0.1, 0.15) is 0 Å². The first-order chi connectivity index (χ1) is 6.91. The topological polar surface area (TPSA) is 37.3 Å². The maximum absolute atomic E-state index is 11.1. The van der Waals surface area contributed by atoms with Crippen molar-refractivity contribution in [3.05, 3.63) is 33.4 Å². The average Bonchev–Trinajstić information content (AvgIpc) is 2.16. The summed E-state index contributed by atoms with van der Waals surface area (Å²) < 4.78 is 0. The van der Waals surface area contributed by atoms with Crippen LogP contribution in [0.1, 0.15) is 45.1 Å². The Bertz CT molecular complexity index is 388. The zero-order valence-electron chi connectivity index (χ0n) is 10.1. The van der Waals surface area contributed by atoms with Gasteiger partial charge in [-0.05, 0) is 61.9 Å². The Balaban J connectivity index is 3.66. The lowest BCUT2D eigenvalue weighted by molar-refractivity contribution is 0.0695. The Hall–Kier alpha value is -1.31. The van der Waals surface area contributed by atoms with E-state index in [2.05, 4.69) is 6.92 Å². The molecular formula is C13H18O2. The van der Waals surface area contributed by atoms with Crippen LogP contribution in [-0.2, 0) is 6.42 Å². The van der Waals surface area contributed by atoms with Gasteiger partial charge in [0.25, 0.3) is 0 Å². The second kappa shape index (κ2) is 4.05. The molecule has 0 aliphatic carbocycles. The molecule has 0 unspecified atom stereocenters. The van der Waals surface area contributed by atoms with Crippen LogP contribution in [0.5, 0.6) is 0 Å². The lowest BCUT2D eigenvalue weighted by atomic mass is 9.88. The monoisotopic (exact) mass is 206 g/mol. The minimum atomic E-state index is -0.821. The third kappa shape index (κ3) is 1.76. The standard InChI is InChI=1S/C13H18O2/c1-6-11-7(2)9(4)12(13(14)15)10(5)8(11)3/h6H2,1-5H3,(H,14,15). The number of hydrogen-bond donors (Lipinski definition) is 1. The predicted octanol–water partition coefficient (Wildman–Crippen LogP) is 3.18. The maximum atomic E-state index is 11.1. The van der Waals surface area contributed by atoms with Gasteiger partial charge < -0.3 is 5.11 Å². The minimum Gasteiger partial charge on any atom is -0.478 e. The van der Waals surface area contributed by atoms with E-state index in [4.69, 9.17) is 5.11 Å². The summed E-state index contributed by atoms with van der Waals surface area (Å²) in [5.74, 6) is -0.821. The van der Waals surface area contributed by atoms with Crippen LogP contribution >= 0.6 is 0 Å². The molecule has 0 heterocycles. The number of hydrogen-bond acceptors (Lipinski definition) is 1. The normalized spacial score (nSPS) is 10.5. The third-order valence-electron chi connectivity index (χ3n) is 3.35. The molecular weight excluding hydrogens is 188 g/mol. The summed E-state index contributed by atoms with van der Waals surface area (Å²) in [6.45, 7) is 9.91. The summed E-state index contributed by atoms with van der Waals surface area (Å²) in [7, 11) is 0. The Morgan fingerprint density at radius 1 is 1.00 bits per heavy atom. The van der Waals surface area contributed by atoms with Crippen molar-refractivity contribution < 1.29 is 9.90 Å². The molecule has 0 saturated carbocycles. The van der Waals surface area contributed by atoms with Gasteiger partial charge in [0.15, 0.2) is 0 Å². The highest BCUT2D eigenvalue weighted by molar-refractivity contribution is 5.92. The maximum Gasteiger partial charge on any atom is 0.336 e. The lowest BCUT2D eigenvalue weighted by Crippen LogP contribution is -2.09. The number of aromatic carboxylic acids is 1. The van der Waals surface area contributed by atoms with Crippen molar-refractivity contribution in [2.75, 3.05) is 0 Å². The number of carboxylic acids is 1. The fraction of sp³-hybridized carbons (Fsp3) is 0.462. The van der Waals surface area contributed by atoms with Crippen molar-refractivity contribution in [2.24, 2.45) is 0 Å². The van der Waals surface area contributed by atoms with Crippen LogP contribution in [0.2, 0.25) is 0 Å². The summed E-state index contributed by atoms with van der Waals surface area (Å²) in [4.78, 5) is 11.1. The Kier molecular flexibility index (Phi) is 3.18. The van der Waals surface area contributed by atoms with Crippen LogP contribution in [0, 0.1) is 27.7 Å². The van der Waals surface area contributed by atoms with Crippen molar-refractivity contribution >= 4 is 5.97 Å². The summed E-state index contributed by atoms with van der Waals surface area (Å²) in [5, 5.41) is 9.16. The fourth-order valence-corrected chi connectivity index (χ4v) is 2.24. The van der Waals surface area contributed by atoms with Gasteiger partial charge in [-0.1, -0.05) is 6.92 Å². The first kappa shape index (κ1) is 11.8. The van der Waals surface area contributed by atoms with Crippen LogP contribution < -0.4 is 0 Å². The van der Waals surface area contributed by atoms with Crippen LogP contribution in [0.25, 0.3) is 0 Å². The molecule has 15 heavy (non-hydrogen) atoms. The molecule has 0 spiro atoms. The smallest absolute Gasteiger partial charge is 0.336 e. The highest BCUT2D eigenvalue weighted by Gasteiger charge is 2.17. The Labute approximate surface area is 90.9 Å². The summed E-state index contributed by atoms with van der Waals surface area (Å²) in [6.07, 6.45) is 0.958. The molecule has 1 aromatic rings.